The lowest BCUT2D eigenvalue weighted by molar-refractivity contribution is 1.25. The Balaban J connectivity index is 2.39. The summed E-state index contributed by atoms with van der Waals surface area (Å²) in [7, 11) is 0. The molecule has 0 saturated heterocycles. The van der Waals surface area contributed by atoms with Crippen LogP contribution in [0.5, 0.6) is 0 Å². The number of pyridine rings is 1. The Morgan fingerprint density at radius 3 is 2.87 bits per heavy atom. The maximum absolute atomic E-state index is 4.22. The van der Waals surface area contributed by atoms with Crippen molar-refractivity contribution in [2.45, 2.75) is 20.3 Å². The van der Waals surface area contributed by atoms with Gasteiger partial charge < -0.3 is 0 Å². The van der Waals surface area contributed by atoms with Gasteiger partial charge in [-0.2, -0.15) is 0 Å². The summed E-state index contributed by atoms with van der Waals surface area (Å²) in [6.07, 6.45) is 13.6. The molecule has 15 heavy (non-hydrogen) atoms. The van der Waals surface area contributed by atoms with Gasteiger partial charge in [-0.15, -0.1) is 0 Å². The molecule has 1 aromatic heterocycles. The van der Waals surface area contributed by atoms with Crippen molar-refractivity contribution in [3.63, 3.8) is 0 Å². The summed E-state index contributed by atoms with van der Waals surface area (Å²) in [5, 5.41) is 0. The van der Waals surface area contributed by atoms with Gasteiger partial charge in [0.1, 0.15) is 0 Å². The molecular formula is C14H15N. The highest BCUT2D eigenvalue weighted by Crippen LogP contribution is 2.21. The number of allylic oxidation sites excluding steroid dienone is 6. The SMILES string of the molecule is CC1=CC(c2cncc(C)c2)=CCC=C1. The third kappa shape index (κ3) is 2.44. The molecule has 0 amide bonds. The first-order valence-corrected chi connectivity index (χ1v) is 5.23. The van der Waals surface area contributed by atoms with Crippen LogP contribution in [0, 0.1) is 6.92 Å². The first-order valence-electron chi connectivity index (χ1n) is 5.23. The van der Waals surface area contributed by atoms with Crippen molar-refractivity contribution in [1.29, 1.82) is 0 Å². The number of aromatic nitrogens is 1. The topological polar surface area (TPSA) is 12.9 Å². The van der Waals surface area contributed by atoms with Crippen molar-refractivity contribution in [2.24, 2.45) is 0 Å². The van der Waals surface area contributed by atoms with Crippen LogP contribution in [0.3, 0.4) is 0 Å². The van der Waals surface area contributed by atoms with E-state index in [4.69, 9.17) is 0 Å². The normalized spacial score (nSPS) is 15.6. The van der Waals surface area contributed by atoms with Crippen molar-refractivity contribution in [1.82, 2.24) is 4.98 Å². The van der Waals surface area contributed by atoms with Gasteiger partial charge in [-0.05, 0) is 43.0 Å². The van der Waals surface area contributed by atoms with Crippen molar-refractivity contribution >= 4 is 5.57 Å². The molecule has 1 heterocycles. The van der Waals surface area contributed by atoms with E-state index in [-0.39, 0.29) is 0 Å². The van der Waals surface area contributed by atoms with Crippen LogP contribution in [0.4, 0.5) is 0 Å². The van der Waals surface area contributed by atoms with E-state index in [0.717, 1.165) is 6.42 Å². The van der Waals surface area contributed by atoms with Gasteiger partial charge in [0.2, 0.25) is 0 Å². The highest BCUT2D eigenvalue weighted by molar-refractivity contribution is 5.75. The molecule has 0 aromatic carbocycles. The number of nitrogens with zero attached hydrogens (tertiary/aromatic N) is 1. The third-order valence-corrected chi connectivity index (χ3v) is 2.45. The van der Waals surface area contributed by atoms with Gasteiger partial charge in [-0.3, -0.25) is 4.98 Å². The van der Waals surface area contributed by atoms with Gasteiger partial charge in [0.25, 0.3) is 0 Å². The van der Waals surface area contributed by atoms with Crippen molar-refractivity contribution < 1.29 is 0 Å². The summed E-state index contributed by atoms with van der Waals surface area (Å²) in [5.41, 5.74) is 4.98. The number of hydrogen-bond acceptors (Lipinski definition) is 1. The standard InChI is InChI=1S/C14H15N/c1-11-5-3-4-6-13(7-11)14-8-12(2)9-15-10-14/h3,5-10H,4H2,1-2H3. The Morgan fingerprint density at radius 1 is 1.20 bits per heavy atom. The lowest BCUT2D eigenvalue weighted by atomic mass is 10.0. The van der Waals surface area contributed by atoms with Crippen LogP contribution in [-0.4, -0.2) is 4.98 Å². The minimum Gasteiger partial charge on any atom is -0.264 e. The van der Waals surface area contributed by atoms with Gasteiger partial charge in [-0.25, -0.2) is 0 Å². The number of hydrogen-bond donors (Lipinski definition) is 0. The quantitative estimate of drug-likeness (QED) is 0.669. The van der Waals surface area contributed by atoms with Crippen LogP contribution in [0.15, 0.2) is 48.3 Å². The second-order valence-corrected chi connectivity index (χ2v) is 3.94. The number of aryl methyl sites for hydroxylation is 1. The molecule has 1 aliphatic carbocycles. The molecule has 2 rings (SSSR count). The molecule has 0 unspecified atom stereocenters. The monoisotopic (exact) mass is 197 g/mol. The predicted octanol–water partition coefficient (Wildman–Crippen LogP) is 3.68. The van der Waals surface area contributed by atoms with E-state index in [2.05, 4.69) is 49.2 Å². The molecule has 76 valence electrons. The molecule has 0 bridgehead atoms. The fourth-order valence-electron chi connectivity index (χ4n) is 1.72. The Hall–Kier alpha value is -1.63. The summed E-state index contributed by atoms with van der Waals surface area (Å²) in [4.78, 5) is 4.22. The van der Waals surface area contributed by atoms with Gasteiger partial charge in [0.05, 0.1) is 0 Å². The largest absolute Gasteiger partial charge is 0.264 e. The van der Waals surface area contributed by atoms with Crippen LogP contribution in [-0.2, 0) is 0 Å². The Bertz CT molecular complexity index is 450. The minimum absolute atomic E-state index is 0.997. The molecule has 0 radical (unpaired) electrons. The van der Waals surface area contributed by atoms with E-state index >= 15 is 0 Å². The van der Waals surface area contributed by atoms with Gasteiger partial charge in [0.15, 0.2) is 0 Å². The maximum Gasteiger partial charge on any atom is 0.0346 e. The molecule has 0 saturated carbocycles. The Morgan fingerprint density at radius 2 is 2.07 bits per heavy atom. The lowest BCUT2D eigenvalue weighted by Crippen LogP contribution is -1.85. The second-order valence-electron chi connectivity index (χ2n) is 3.94. The number of rotatable bonds is 1. The van der Waals surface area contributed by atoms with Crippen molar-refractivity contribution in [3.05, 3.63) is 59.5 Å². The molecular weight excluding hydrogens is 182 g/mol. The first kappa shape index (κ1) is 9.91. The molecule has 0 fully saturated rings. The molecule has 0 aliphatic heterocycles. The van der Waals surface area contributed by atoms with Crippen LogP contribution in [0.2, 0.25) is 0 Å². The predicted molar refractivity (Wildman–Crippen MR) is 64.5 cm³/mol. The minimum atomic E-state index is 0.997. The molecule has 0 atom stereocenters. The van der Waals surface area contributed by atoms with Crippen molar-refractivity contribution in [3.8, 4) is 0 Å². The summed E-state index contributed by atoms with van der Waals surface area (Å²) < 4.78 is 0. The Kier molecular flexibility index (Phi) is 2.82. The van der Waals surface area contributed by atoms with Crippen LogP contribution in [0.25, 0.3) is 5.57 Å². The van der Waals surface area contributed by atoms with E-state index < -0.39 is 0 Å². The fraction of sp³-hybridized carbons (Fsp3) is 0.214. The van der Waals surface area contributed by atoms with E-state index in [1.807, 2.05) is 12.4 Å². The fourth-order valence-corrected chi connectivity index (χ4v) is 1.72. The van der Waals surface area contributed by atoms with E-state index in [1.54, 1.807) is 0 Å². The second kappa shape index (κ2) is 4.26. The molecule has 1 aromatic rings. The first-order chi connectivity index (χ1) is 7.25. The zero-order valence-electron chi connectivity index (χ0n) is 9.20. The van der Waals surface area contributed by atoms with E-state index in [0.29, 0.717) is 0 Å². The third-order valence-electron chi connectivity index (χ3n) is 2.45. The van der Waals surface area contributed by atoms with E-state index in [9.17, 15) is 0 Å². The average molecular weight is 197 g/mol. The van der Waals surface area contributed by atoms with Crippen LogP contribution >= 0.6 is 0 Å². The smallest absolute Gasteiger partial charge is 0.0346 e. The van der Waals surface area contributed by atoms with Crippen LogP contribution < -0.4 is 0 Å². The van der Waals surface area contributed by atoms with Crippen LogP contribution in [0.1, 0.15) is 24.5 Å². The van der Waals surface area contributed by atoms with Crippen molar-refractivity contribution in [2.75, 3.05) is 0 Å². The Labute approximate surface area is 90.9 Å². The molecule has 1 nitrogen and oxygen atoms in total. The highest BCUT2D eigenvalue weighted by atomic mass is 14.6. The summed E-state index contributed by atoms with van der Waals surface area (Å²) in [6.45, 7) is 4.20. The van der Waals surface area contributed by atoms with E-state index in [1.165, 1.54) is 22.3 Å². The average Bonchev–Trinajstić information content (AvgIpc) is 2.43. The van der Waals surface area contributed by atoms with Gasteiger partial charge in [0, 0.05) is 12.4 Å². The highest BCUT2D eigenvalue weighted by Gasteiger charge is 2.01. The van der Waals surface area contributed by atoms with Gasteiger partial charge in [-0.1, -0.05) is 29.9 Å². The maximum atomic E-state index is 4.22. The summed E-state index contributed by atoms with van der Waals surface area (Å²) in [5.74, 6) is 0. The summed E-state index contributed by atoms with van der Waals surface area (Å²) in [6, 6.07) is 2.17. The zero-order valence-corrected chi connectivity index (χ0v) is 9.20. The lowest BCUT2D eigenvalue weighted by Gasteiger charge is -2.03. The molecule has 0 spiro atoms. The molecule has 0 N–H and O–H groups in total. The zero-order chi connectivity index (χ0) is 10.7. The molecule has 1 heteroatoms. The molecule has 1 aliphatic rings. The summed E-state index contributed by atoms with van der Waals surface area (Å²) >= 11 is 0. The van der Waals surface area contributed by atoms with Gasteiger partial charge >= 0.3 is 0 Å².